The monoisotopic (exact) mass is 312 g/mol. The predicted molar refractivity (Wildman–Crippen MR) is 89.9 cm³/mol. The van der Waals surface area contributed by atoms with Gasteiger partial charge in [-0.15, -0.1) is 11.3 Å². The van der Waals surface area contributed by atoms with E-state index in [0.717, 1.165) is 33.6 Å². The summed E-state index contributed by atoms with van der Waals surface area (Å²) in [7, 11) is 3.58. The van der Waals surface area contributed by atoms with Crippen LogP contribution in [-0.2, 0) is 13.5 Å². The number of benzene rings is 1. The molecular formula is C16H16N4OS. The number of nitrogens with one attached hydrogen (secondary N) is 1. The van der Waals surface area contributed by atoms with Crippen LogP contribution in [0.4, 0.5) is 0 Å². The van der Waals surface area contributed by atoms with Gasteiger partial charge in [-0.1, -0.05) is 30.3 Å². The third-order valence-electron chi connectivity index (χ3n) is 3.49. The predicted octanol–water partition coefficient (Wildman–Crippen LogP) is 2.59. The molecule has 2 aromatic heterocycles. The smallest absolute Gasteiger partial charge is 0.167 e. The SMILES string of the molecule is CN/N=C\c1c(C=O)n(C)c2nc(Cc3ccccc3)sc12. The first-order chi connectivity index (χ1) is 10.7. The zero-order valence-corrected chi connectivity index (χ0v) is 13.2. The van der Waals surface area contributed by atoms with Crippen molar-refractivity contribution in [1.29, 1.82) is 0 Å². The Bertz CT molecular complexity index is 833. The van der Waals surface area contributed by atoms with Gasteiger partial charge >= 0.3 is 0 Å². The average Bonchev–Trinajstić information content (AvgIpc) is 3.04. The van der Waals surface area contributed by atoms with E-state index in [2.05, 4.69) is 27.6 Å². The number of fused-ring (bicyclic) bond motifs is 1. The molecule has 22 heavy (non-hydrogen) atoms. The zero-order chi connectivity index (χ0) is 15.5. The van der Waals surface area contributed by atoms with Crippen molar-refractivity contribution in [2.75, 3.05) is 7.05 Å². The quantitative estimate of drug-likeness (QED) is 0.447. The molecule has 0 aliphatic heterocycles. The fourth-order valence-corrected chi connectivity index (χ4v) is 3.56. The minimum Gasteiger partial charge on any atom is -0.325 e. The Balaban J connectivity index is 2.06. The number of carbonyl (C=O) groups is 1. The van der Waals surface area contributed by atoms with Gasteiger partial charge in [-0.25, -0.2) is 4.98 Å². The van der Waals surface area contributed by atoms with Gasteiger partial charge < -0.3 is 9.99 Å². The summed E-state index contributed by atoms with van der Waals surface area (Å²) in [6, 6.07) is 10.2. The van der Waals surface area contributed by atoms with E-state index in [-0.39, 0.29) is 0 Å². The van der Waals surface area contributed by atoms with Gasteiger partial charge in [0, 0.05) is 26.1 Å². The number of thiazole rings is 1. The van der Waals surface area contributed by atoms with Crippen molar-refractivity contribution in [1.82, 2.24) is 15.0 Å². The largest absolute Gasteiger partial charge is 0.325 e. The summed E-state index contributed by atoms with van der Waals surface area (Å²) in [5.74, 6) is 0. The van der Waals surface area contributed by atoms with E-state index in [1.165, 1.54) is 5.56 Å². The number of aromatic nitrogens is 2. The van der Waals surface area contributed by atoms with Crippen LogP contribution < -0.4 is 5.43 Å². The maximum absolute atomic E-state index is 11.3. The lowest BCUT2D eigenvalue weighted by atomic mass is 10.2. The maximum atomic E-state index is 11.3. The van der Waals surface area contributed by atoms with Crippen molar-refractivity contribution in [3.05, 3.63) is 52.2 Å². The molecule has 3 aromatic rings. The van der Waals surface area contributed by atoms with Crippen LogP contribution >= 0.6 is 11.3 Å². The van der Waals surface area contributed by atoms with Crippen LogP contribution in [0.15, 0.2) is 35.4 Å². The molecule has 6 heteroatoms. The van der Waals surface area contributed by atoms with Crippen molar-refractivity contribution in [2.24, 2.45) is 12.1 Å². The molecule has 0 saturated carbocycles. The van der Waals surface area contributed by atoms with Crippen LogP contribution in [0.3, 0.4) is 0 Å². The summed E-state index contributed by atoms with van der Waals surface area (Å²) in [6.45, 7) is 0. The summed E-state index contributed by atoms with van der Waals surface area (Å²) in [6.07, 6.45) is 3.32. The molecule has 0 fully saturated rings. The van der Waals surface area contributed by atoms with E-state index in [9.17, 15) is 4.79 Å². The van der Waals surface area contributed by atoms with E-state index in [1.807, 2.05) is 29.8 Å². The molecule has 0 unspecified atom stereocenters. The average molecular weight is 312 g/mol. The Labute approximate surface area is 132 Å². The van der Waals surface area contributed by atoms with E-state index >= 15 is 0 Å². The molecule has 0 aliphatic carbocycles. The molecule has 0 atom stereocenters. The summed E-state index contributed by atoms with van der Waals surface area (Å²) in [5, 5.41) is 5.07. The molecular weight excluding hydrogens is 296 g/mol. The topological polar surface area (TPSA) is 59.3 Å². The number of aryl methyl sites for hydroxylation is 1. The second kappa shape index (κ2) is 6.11. The van der Waals surface area contributed by atoms with Crippen LogP contribution in [-0.4, -0.2) is 29.1 Å². The Hall–Kier alpha value is -2.47. The lowest BCUT2D eigenvalue weighted by molar-refractivity contribution is 0.111. The molecule has 1 aromatic carbocycles. The van der Waals surface area contributed by atoms with Crippen molar-refractivity contribution < 1.29 is 4.79 Å². The Kier molecular flexibility index (Phi) is 4.02. The Morgan fingerprint density at radius 1 is 1.36 bits per heavy atom. The van der Waals surface area contributed by atoms with E-state index in [0.29, 0.717) is 5.69 Å². The highest BCUT2D eigenvalue weighted by Gasteiger charge is 2.18. The summed E-state index contributed by atoms with van der Waals surface area (Å²) in [4.78, 5) is 16.0. The highest BCUT2D eigenvalue weighted by atomic mass is 32.1. The zero-order valence-electron chi connectivity index (χ0n) is 12.4. The van der Waals surface area contributed by atoms with Crippen molar-refractivity contribution in [3.8, 4) is 0 Å². The number of rotatable bonds is 5. The number of carbonyl (C=O) groups excluding carboxylic acids is 1. The van der Waals surface area contributed by atoms with Crippen LogP contribution in [0.1, 0.15) is 26.6 Å². The molecule has 0 aliphatic rings. The maximum Gasteiger partial charge on any atom is 0.167 e. The number of hydrogen-bond donors (Lipinski definition) is 1. The molecule has 5 nitrogen and oxygen atoms in total. The molecule has 0 bridgehead atoms. The first-order valence-corrected chi connectivity index (χ1v) is 7.73. The van der Waals surface area contributed by atoms with E-state index < -0.39 is 0 Å². The van der Waals surface area contributed by atoms with Gasteiger partial charge in [0.05, 0.1) is 16.6 Å². The molecule has 1 N–H and O–H groups in total. The molecule has 3 rings (SSSR count). The number of aldehydes is 1. The lowest BCUT2D eigenvalue weighted by Crippen LogP contribution is -2.00. The molecule has 0 amide bonds. The highest BCUT2D eigenvalue weighted by Crippen LogP contribution is 2.30. The summed E-state index contributed by atoms with van der Waals surface area (Å²) < 4.78 is 2.82. The first kappa shape index (κ1) is 14.5. The number of hydrogen-bond acceptors (Lipinski definition) is 5. The molecule has 0 radical (unpaired) electrons. The molecule has 2 heterocycles. The van der Waals surface area contributed by atoms with Gasteiger partial charge in [0.2, 0.25) is 0 Å². The molecule has 0 saturated heterocycles. The van der Waals surface area contributed by atoms with E-state index in [4.69, 9.17) is 0 Å². The number of hydrazone groups is 1. The minimum absolute atomic E-state index is 0.596. The van der Waals surface area contributed by atoms with Crippen molar-refractivity contribution in [3.63, 3.8) is 0 Å². The van der Waals surface area contributed by atoms with Crippen LogP contribution in [0.5, 0.6) is 0 Å². The van der Waals surface area contributed by atoms with Crippen molar-refractivity contribution in [2.45, 2.75) is 6.42 Å². The lowest BCUT2D eigenvalue weighted by Gasteiger charge is -1.98. The van der Waals surface area contributed by atoms with Crippen molar-refractivity contribution >= 4 is 34.2 Å². The third kappa shape index (κ3) is 2.53. The second-order valence-corrected chi connectivity index (χ2v) is 5.96. The summed E-state index contributed by atoms with van der Waals surface area (Å²) in [5.41, 5.74) is 6.18. The van der Waals surface area contributed by atoms with Gasteiger partial charge in [0.25, 0.3) is 0 Å². The molecule has 0 spiro atoms. The summed E-state index contributed by atoms with van der Waals surface area (Å²) >= 11 is 1.61. The van der Waals surface area contributed by atoms with Gasteiger partial charge in [0.15, 0.2) is 11.9 Å². The highest BCUT2D eigenvalue weighted by molar-refractivity contribution is 7.19. The minimum atomic E-state index is 0.596. The van der Waals surface area contributed by atoms with Gasteiger partial charge in [-0.2, -0.15) is 5.10 Å². The fraction of sp³-hybridized carbons (Fsp3) is 0.188. The molecule has 112 valence electrons. The third-order valence-corrected chi connectivity index (χ3v) is 4.56. The second-order valence-electron chi connectivity index (χ2n) is 4.88. The Morgan fingerprint density at radius 2 is 2.14 bits per heavy atom. The van der Waals surface area contributed by atoms with Crippen LogP contribution in [0.2, 0.25) is 0 Å². The standard InChI is InChI=1S/C16H16N4OS/c1-17-18-9-12-13(10-21)20(2)16-15(12)22-14(19-16)8-11-6-4-3-5-7-11/h3-7,9-10,17H,8H2,1-2H3/b18-9-. The van der Waals surface area contributed by atoms with Gasteiger partial charge in [0.1, 0.15) is 5.01 Å². The van der Waals surface area contributed by atoms with Crippen LogP contribution in [0.25, 0.3) is 10.3 Å². The number of nitrogens with zero attached hydrogens (tertiary/aromatic N) is 3. The fourth-order valence-electron chi connectivity index (χ4n) is 2.41. The first-order valence-electron chi connectivity index (χ1n) is 6.91. The van der Waals surface area contributed by atoms with E-state index in [1.54, 1.807) is 24.6 Å². The normalized spacial score (nSPS) is 11.4. The van der Waals surface area contributed by atoms with Crippen LogP contribution in [0, 0.1) is 0 Å². The van der Waals surface area contributed by atoms with Gasteiger partial charge in [-0.05, 0) is 5.56 Å². The Morgan fingerprint density at radius 3 is 2.82 bits per heavy atom. The van der Waals surface area contributed by atoms with Gasteiger partial charge in [-0.3, -0.25) is 4.79 Å².